The Labute approximate surface area is 171 Å². The van der Waals surface area contributed by atoms with Crippen LogP contribution >= 0.6 is 11.3 Å². The Hall–Kier alpha value is -3.00. The molecular weight excluding hydrogens is 388 g/mol. The van der Waals surface area contributed by atoms with Crippen molar-refractivity contribution >= 4 is 34.0 Å². The highest BCUT2D eigenvalue weighted by molar-refractivity contribution is 7.14. The van der Waals surface area contributed by atoms with Crippen molar-refractivity contribution in [3.63, 3.8) is 0 Å². The molecule has 29 heavy (non-hydrogen) atoms. The van der Waals surface area contributed by atoms with Crippen LogP contribution in [0, 0.1) is 12.8 Å². The number of fused-ring (bicyclic) bond motifs is 1. The fourth-order valence-electron chi connectivity index (χ4n) is 3.48. The largest absolute Gasteiger partial charge is 0.435 e. The summed E-state index contributed by atoms with van der Waals surface area (Å²) in [5.41, 5.74) is 4.30. The zero-order valence-electron chi connectivity index (χ0n) is 15.9. The predicted octanol–water partition coefficient (Wildman–Crippen LogP) is 4.20. The number of oxazole rings is 1. The topological polar surface area (TPSA) is 97.1 Å². The van der Waals surface area contributed by atoms with E-state index in [2.05, 4.69) is 20.6 Å². The zero-order chi connectivity index (χ0) is 20.0. The second-order valence-corrected chi connectivity index (χ2v) is 8.44. The van der Waals surface area contributed by atoms with Crippen LogP contribution in [0.5, 0.6) is 0 Å². The van der Waals surface area contributed by atoms with Crippen LogP contribution in [0.3, 0.4) is 0 Å². The first-order valence-electron chi connectivity index (χ1n) is 9.71. The van der Waals surface area contributed by atoms with E-state index in [0.29, 0.717) is 29.1 Å². The Morgan fingerprint density at radius 2 is 2.17 bits per heavy atom. The number of hydrogen-bond acceptors (Lipinski definition) is 6. The maximum Gasteiger partial charge on any atom is 0.295 e. The maximum atomic E-state index is 12.6. The lowest BCUT2D eigenvalue weighted by Gasteiger charge is -2.17. The Bertz CT molecular complexity index is 1110. The number of amides is 2. The third-order valence-electron chi connectivity index (χ3n) is 5.23. The molecule has 1 aromatic carbocycles. The maximum absolute atomic E-state index is 12.6. The minimum atomic E-state index is -0.328. The van der Waals surface area contributed by atoms with Gasteiger partial charge in [0.05, 0.1) is 11.4 Å². The van der Waals surface area contributed by atoms with Crippen molar-refractivity contribution in [1.82, 2.24) is 9.97 Å². The molecule has 0 radical (unpaired) electrons. The first kappa shape index (κ1) is 18.1. The summed E-state index contributed by atoms with van der Waals surface area (Å²) in [5.74, 6) is 1.26. The summed E-state index contributed by atoms with van der Waals surface area (Å²) in [6.45, 7) is 1.79. The number of nitrogens with zero attached hydrogens (tertiary/aromatic N) is 2. The van der Waals surface area contributed by atoms with Gasteiger partial charge in [-0.25, -0.2) is 9.97 Å². The summed E-state index contributed by atoms with van der Waals surface area (Å²) in [4.78, 5) is 33.0. The smallest absolute Gasteiger partial charge is 0.295 e. The fraction of sp³-hybridized carbons (Fsp3) is 0.333. The number of carbonyl (C=O) groups is 2. The summed E-state index contributed by atoms with van der Waals surface area (Å²) in [6.07, 6.45) is 4.43. The first-order valence-corrected chi connectivity index (χ1v) is 10.6. The van der Waals surface area contributed by atoms with Crippen molar-refractivity contribution in [1.29, 1.82) is 0 Å². The normalized spacial score (nSPS) is 15.7. The summed E-state index contributed by atoms with van der Waals surface area (Å²) in [6, 6.07) is 5.87. The number of hydrogen-bond donors (Lipinski definition) is 2. The Kier molecular flexibility index (Phi) is 4.43. The molecule has 2 amide bonds. The van der Waals surface area contributed by atoms with Gasteiger partial charge in [-0.1, -0.05) is 6.07 Å². The monoisotopic (exact) mass is 408 g/mol. The van der Waals surface area contributed by atoms with Crippen molar-refractivity contribution in [3.8, 4) is 11.3 Å². The van der Waals surface area contributed by atoms with Gasteiger partial charge in [-0.05, 0) is 49.8 Å². The summed E-state index contributed by atoms with van der Waals surface area (Å²) >= 11 is 1.36. The van der Waals surface area contributed by atoms with E-state index in [1.807, 2.05) is 23.6 Å². The molecule has 3 aromatic rings. The second-order valence-electron chi connectivity index (χ2n) is 7.58. The van der Waals surface area contributed by atoms with Gasteiger partial charge >= 0.3 is 0 Å². The van der Waals surface area contributed by atoms with Gasteiger partial charge in [-0.2, -0.15) is 0 Å². The molecule has 0 saturated heterocycles. The van der Waals surface area contributed by atoms with E-state index in [1.165, 1.54) is 24.2 Å². The standard InChI is InChI=1S/C21H20N4O3S/c1-11-19(28-18(22-11)8-12-2-3-12)20(27)25-21-24-16(10-29-21)14-4-6-15-13(9-14)5-7-17(26)23-15/h4,6,9-10,12H,2-3,5,7-8H2,1H3,(H,23,26)(H,24,25,27). The molecule has 1 fully saturated rings. The molecule has 2 aromatic heterocycles. The van der Waals surface area contributed by atoms with E-state index < -0.39 is 0 Å². The van der Waals surface area contributed by atoms with Crippen LogP contribution < -0.4 is 10.6 Å². The Balaban J connectivity index is 1.31. The van der Waals surface area contributed by atoms with Gasteiger partial charge in [-0.3, -0.25) is 14.9 Å². The summed E-state index contributed by atoms with van der Waals surface area (Å²) < 4.78 is 5.68. The van der Waals surface area contributed by atoms with Crippen molar-refractivity contribution in [3.05, 3.63) is 46.5 Å². The van der Waals surface area contributed by atoms with Crippen molar-refractivity contribution in [2.24, 2.45) is 5.92 Å². The second kappa shape index (κ2) is 7.11. The first-order chi connectivity index (χ1) is 14.0. The highest BCUT2D eigenvalue weighted by Gasteiger charge is 2.26. The molecule has 0 bridgehead atoms. The molecule has 7 nitrogen and oxygen atoms in total. The van der Waals surface area contributed by atoms with E-state index in [4.69, 9.17) is 4.42 Å². The lowest BCUT2D eigenvalue weighted by molar-refractivity contribution is -0.116. The third-order valence-corrected chi connectivity index (χ3v) is 5.99. The number of aromatic nitrogens is 2. The average Bonchev–Trinajstić information content (AvgIpc) is 3.26. The van der Waals surface area contributed by atoms with Gasteiger partial charge in [0, 0.05) is 29.5 Å². The molecule has 0 atom stereocenters. The molecule has 2 N–H and O–H groups in total. The van der Waals surface area contributed by atoms with Crippen LogP contribution in [0.25, 0.3) is 11.3 Å². The van der Waals surface area contributed by atoms with Crippen LogP contribution in [-0.4, -0.2) is 21.8 Å². The van der Waals surface area contributed by atoms with Gasteiger partial charge in [0.2, 0.25) is 11.7 Å². The quantitative estimate of drug-likeness (QED) is 0.660. The molecule has 2 aliphatic rings. The number of nitrogens with one attached hydrogen (secondary N) is 2. The van der Waals surface area contributed by atoms with Crippen LogP contribution in [0.15, 0.2) is 28.0 Å². The molecule has 5 rings (SSSR count). The number of anilines is 2. The van der Waals surface area contributed by atoms with E-state index in [-0.39, 0.29) is 17.6 Å². The number of thiazole rings is 1. The third kappa shape index (κ3) is 3.80. The van der Waals surface area contributed by atoms with E-state index in [9.17, 15) is 9.59 Å². The minimum absolute atomic E-state index is 0.0481. The zero-order valence-corrected chi connectivity index (χ0v) is 16.8. The van der Waals surface area contributed by atoms with Gasteiger partial charge in [0.25, 0.3) is 5.91 Å². The number of carbonyl (C=O) groups excluding carboxylic acids is 2. The van der Waals surface area contributed by atoms with Crippen LogP contribution in [0.4, 0.5) is 10.8 Å². The molecule has 8 heteroatoms. The molecule has 0 unspecified atom stereocenters. The Morgan fingerprint density at radius 3 is 3.00 bits per heavy atom. The number of aryl methyl sites for hydroxylation is 2. The highest BCUT2D eigenvalue weighted by atomic mass is 32.1. The summed E-state index contributed by atoms with van der Waals surface area (Å²) in [7, 11) is 0. The van der Waals surface area contributed by atoms with Gasteiger partial charge in [0.15, 0.2) is 11.0 Å². The lowest BCUT2D eigenvalue weighted by atomic mass is 9.99. The van der Waals surface area contributed by atoms with Crippen molar-refractivity contribution in [2.45, 2.75) is 39.0 Å². The van der Waals surface area contributed by atoms with Gasteiger partial charge in [0.1, 0.15) is 0 Å². The minimum Gasteiger partial charge on any atom is -0.435 e. The molecule has 3 heterocycles. The van der Waals surface area contributed by atoms with E-state index in [0.717, 1.165) is 35.3 Å². The van der Waals surface area contributed by atoms with Gasteiger partial charge < -0.3 is 9.73 Å². The van der Waals surface area contributed by atoms with Crippen LogP contribution in [-0.2, 0) is 17.6 Å². The molecule has 1 aliphatic heterocycles. The molecule has 0 spiro atoms. The Morgan fingerprint density at radius 1 is 1.31 bits per heavy atom. The highest BCUT2D eigenvalue weighted by Crippen LogP contribution is 2.33. The van der Waals surface area contributed by atoms with Crippen molar-refractivity contribution in [2.75, 3.05) is 10.6 Å². The molecule has 1 aliphatic carbocycles. The predicted molar refractivity (Wildman–Crippen MR) is 110 cm³/mol. The molecular formula is C21H20N4O3S. The van der Waals surface area contributed by atoms with Crippen molar-refractivity contribution < 1.29 is 14.0 Å². The SMILES string of the molecule is Cc1nc(CC2CC2)oc1C(=O)Nc1nc(-c2ccc3c(c2)CCC(=O)N3)cs1. The van der Waals surface area contributed by atoms with Crippen LogP contribution in [0.2, 0.25) is 0 Å². The lowest BCUT2D eigenvalue weighted by Crippen LogP contribution is -2.18. The summed E-state index contributed by atoms with van der Waals surface area (Å²) in [5, 5.41) is 8.12. The molecule has 148 valence electrons. The van der Waals surface area contributed by atoms with Crippen LogP contribution in [0.1, 0.15) is 47.0 Å². The number of rotatable bonds is 5. The van der Waals surface area contributed by atoms with Gasteiger partial charge in [-0.15, -0.1) is 11.3 Å². The van der Waals surface area contributed by atoms with E-state index >= 15 is 0 Å². The average molecular weight is 408 g/mol. The molecule has 1 saturated carbocycles. The van der Waals surface area contributed by atoms with E-state index in [1.54, 1.807) is 6.92 Å². The fourth-order valence-corrected chi connectivity index (χ4v) is 4.19. The number of benzene rings is 1.